The molecule has 0 aliphatic carbocycles. The molecule has 0 bridgehead atoms. The highest BCUT2D eigenvalue weighted by molar-refractivity contribution is 5.40. The smallest absolute Gasteiger partial charge is 0.240 e. The van der Waals surface area contributed by atoms with E-state index in [4.69, 9.17) is 4.52 Å². The molecule has 0 saturated carbocycles. The van der Waals surface area contributed by atoms with E-state index in [1.807, 2.05) is 6.92 Å². The van der Waals surface area contributed by atoms with Crippen LogP contribution >= 0.6 is 0 Å². The number of hydrogen-bond donors (Lipinski definition) is 0. The Hall–Kier alpha value is -2.46. The maximum absolute atomic E-state index is 5.38. The molecule has 0 saturated heterocycles. The Kier molecular flexibility index (Phi) is 4.13. The van der Waals surface area contributed by atoms with Gasteiger partial charge >= 0.3 is 0 Å². The molecule has 24 heavy (non-hydrogen) atoms. The van der Waals surface area contributed by atoms with Gasteiger partial charge in [0.05, 0.1) is 6.54 Å². The van der Waals surface area contributed by atoms with E-state index in [9.17, 15) is 0 Å². The van der Waals surface area contributed by atoms with E-state index in [-0.39, 0.29) is 0 Å². The lowest BCUT2D eigenvalue weighted by atomic mass is 9.85. The van der Waals surface area contributed by atoms with Gasteiger partial charge in [0.25, 0.3) is 0 Å². The number of fused-ring (bicyclic) bond motifs is 1. The van der Waals surface area contributed by atoms with Crippen molar-refractivity contribution in [3.8, 4) is 0 Å². The van der Waals surface area contributed by atoms with Crippen molar-refractivity contribution >= 4 is 0 Å². The van der Waals surface area contributed by atoms with E-state index in [2.05, 4.69) is 69.6 Å². The summed E-state index contributed by atoms with van der Waals surface area (Å²) in [5.74, 6) is 1.87. The number of aryl methyl sites for hydroxylation is 1. The molecule has 1 aliphatic rings. The molecule has 2 aromatic carbocycles. The SMILES string of the molecule is CCc1noc(CN2Cc3ccccc3C(c3ccccc3)C2)n1. The third-order valence-corrected chi connectivity index (χ3v) is 4.65. The zero-order valence-corrected chi connectivity index (χ0v) is 13.9. The summed E-state index contributed by atoms with van der Waals surface area (Å²) >= 11 is 0. The van der Waals surface area contributed by atoms with E-state index in [0.717, 1.165) is 25.3 Å². The Bertz CT molecular complexity index is 813. The summed E-state index contributed by atoms with van der Waals surface area (Å²) in [5.41, 5.74) is 4.17. The van der Waals surface area contributed by atoms with Crippen LogP contribution in [0.1, 0.15) is 41.2 Å². The van der Waals surface area contributed by atoms with Gasteiger partial charge in [0.2, 0.25) is 5.89 Å². The van der Waals surface area contributed by atoms with Crippen LogP contribution in [0.2, 0.25) is 0 Å². The van der Waals surface area contributed by atoms with E-state index < -0.39 is 0 Å². The second-order valence-electron chi connectivity index (χ2n) is 6.29. The molecule has 0 fully saturated rings. The van der Waals surface area contributed by atoms with Gasteiger partial charge in [-0.15, -0.1) is 0 Å². The fraction of sp³-hybridized carbons (Fsp3) is 0.300. The fourth-order valence-corrected chi connectivity index (χ4v) is 3.46. The van der Waals surface area contributed by atoms with Crippen molar-refractivity contribution in [1.29, 1.82) is 0 Å². The van der Waals surface area contributed by atoms with Crippen LogP contribution in [0.3, 0.4) is 0 Å². The van der Waals surface area contributed by atoms with Crippen LogP contribution in [0.5, 0.6) is 0 Å². The van der Waals surface area contributed by atoms with Crippen LogP contribution in [0, 0.1) is 0 Å². The maximum Gasteiger partial charge on any atom is 0.240 e. The average Bonchev–Trinajstić information content (AvgIpc) is 3.09. The van der Waals surface area contributed by atoms with Crippen molar-refractivity contribution in [2.45, 2.75) is 32.4 Å². The molecule has 4 rings (SSSR count). The quantitative estimate of drug-likeness (QED) is 0.734. The maximum atomic E-state index is 5.38. The van der Waals surface area contributed by atoms with E-state index in [0.29, 0.717) is 18.4 Å². The van der Waals surface area contributed by atoms with Crippen LogP contribution in [-0.2, 0) is 19.5 Å². The van der Waals surface area contributed by atoms with Crippen LogP contribution in [-0.4, -0.2) is 21.6 Å². The first kappa shape index (κ1) is 15.1. The summed E-state index contributed by atoms with van der Waals surface area (Å²) in [6, 6.07) is 19.5. The third-order valence-electron chi connectivity index (χ3n) is 4.65. The van der Waals surface area contributed by atoms with Crippen molar-refractivity contribution in [3.05, 3.63) is 83.0 Å². The molecule has 122 valence electrons. The van der Waals surface area contributed by atoms with Crippen molar-refractivity contribution in [2.24, 2.45) is 0 Å². The predicted molar refractivity (Wildman–Crippen MR) is 92.5 cm³/mol. The Morgan fingerprint density at radius 2 is 1.88 bits per heavy atom. The molecule has 1 unspecified atom stereocenters. The van der Waals surface area contributed by atoms with Crippen molar-refractivity contribution < 1.29 is 4.52 Å². The first-order chi connectivity index (χ1) is 11.8. The van der Waals surface area contributed by atoms with Crippen LogP contribution in [0.15, 0.2) is 59.1 Å². The number of nitrogens with zero attached hydrogens (tertiary/aromatic N) is 3. The van der Waals surface area contributed by atoms with Crippen molar-refractivity contribution in [1.82, 2.24) is 15.0 Å². The minimum atomic E-state index is 0.379. The van der Waals surface area contributed by atoms with Gasteiger partial charge in [-0.2, -0.15) is 4.98 Å². The first-order valence-corrected chi connectivity index (χ1v) is 8.50. The van der Waals surface area contributed by atoms with E-state index >= 15 is 0 Å². The lowest BCUT2D eigenvalue weighted by Crippen LogP contribution is -2.33. The molecule has 0 spiro atoms. The molecular weight excluding hydrogens is 298 g/mol. The molecule has 4 heteroatoms. The van der Waals surface area contributed by atoms with E-state index in [1.165, 1.54) is 16.7 Å². The van der Waals surface area contributed by atoms with Gasteiger partial charge in [-0.05, 0) is 16.7 Å². The summed E-state index contributed by atoms with van der Waals surface area (Å²) < 4.78 is 5.38. The molecule has 1 aromatic heterocycles. The summed E-state index contributed by atoms with van der Waals surface area (Å²) in [4.78, 5) is 6.85. The molecular formula is C20H21N3O. The van der Waals surface area contributed by atoms with Gasteiger partial charge < -0.3 is 4.52 Å². The van der Waals surface area contributed by atoms with Crippen LogP contribution in [0.4, 0.5) is 0 Å². The molecule has 1 aliphatic heterocycles. The highest BCUT2D eigenvalue weighted by Gasteiger charge is 2.27. The highest BCUT2D eigenvalue weighted by Crippen LogP contribution is 2.33. The summed E-state index contributed by atoms with van der Waals surface area (Å²) in [6.45, 7) is 4.62. The Morgan fingerprint density at radius 3 is 2.67 bits per heavy atom. The number of benzene rings is 2. The van der Waals surface area contributed by atoms with Gasteiger partial charge in [-0.25, -0.2) is 0 Å². The van der Waals surface area contributed by atoms with Crippen molar-refractivity contribution in [2.75, 3.05) is 6.54 Å². The Labute approximate surface area is 142 Å². The minimum Gasteiger partial charge on any atom is -0.338 e. The van der Waals surface area contributed by atoms with Gasteiger partial charge in [-0.3, -0.25) is 4.90 Å². The summed E-state index contributed by atoms with van der Waals surface area (Å²) in [7, 11) is 0. The number of aromatic nitrogens is 2. The zero-order valence-electron chi connectivity index (χ0n) is 13.9. The monoisotopic (exact) mass is 319 g/mol. The second-order valence-corrected chi connectivity index (χ2v) is 6.29. The largest absolute Gasteiger partial charge is 0.338 e. The van der Waals surface area contributed by atoms with E-state index in [1.54, 1.807) is 0 Å². The fourth-order valence-electron chi connectivity index (χ4n) is 3.46. The minimum absolute atomic E-state index is 0.379. The second kappa shape index (κ2) is 6.57. The molecule has 0 N–H and O–H groups in total. The number of rotatable bonds is 4. The lowest BCUT2D eigenvalue weighted by molar-refractivity contribution is 0.200. The Balaban J connectivity index is 1.62. The topological polar surface area (TPSA) is 42.2 Å². The molecule has 0 amide bonds. The summed E-state index contributed by atoms with van der Waals surface area (Å²) in [5, 5.41) is 4.01. The predicted octanol–water partition coefficient (Wildman–Crippen LogP) is 3.78. The van der Waals surface area contributed by atoms with Crippen LogP contribution in [0.25, 0.3) is 0 Å². The first-order valence-electron chi connectivity index (χ1n) is 8.50. The molecule has 1 atom stereocenters. The van der Waals surface area contributed by atoms with Crippen LogP contribution < -0.4 is 0 Å². The average molecular weight is 319 g/mol. The zero-order chi connectivity index (χ0) is 16.4. The molecule has 0 radical (unpaired) electrons. The highest BCUT2D eigenvalue weighted by atomic mass is 16.5. The van der Waals surface area contributed by atoms with Gasteiger partial charge in [0.15, 0.2) is 5.82 Å². The standard InChI is InChI=1S/C20H21N3O/c1-2-19-21-20(24-22-19)14-23-12-16-10-6-7-11-17(16)18(13-23)15-8-4-3-5-9-15/h3-11,18H,2,12-14H2,1H3. The van der Waals surface area contributed by atoms with Crippen molar-refractivity contribution in [3.63, 3.8) is 0 Å². The lowest BCUT2D eigenvalue weighted by Gasteiger charge is -2.34. The molecule has 4 nitrogen and oxygen atoms in total. The van der Waals surface area contributed by atoms with Gasteiger partial charge in [0.1, 0.15) is 0 Å². The normalized spacial score (nSPS) is 17.6. The van der Waals surface area contributed by atoms with Gasteiger partial charge in [0, 0.05) is 25.4 Å². The Morgan fingerprint density at radius 1 is 1.08 bits per heavy atom. The number of hydrogen-bond acceptors (Lipinski definition) is 4. The summed E-state index contributed by atoms with van der Waals surface area (Å²) in [6.07, 6.45) is 0.805. The molecule has 3 aromatic rings. The molecule has 2 heterocycles. The third kappa shape index (κ3) is 2.97. The van der Waals surface area contributed by atoms with Gasteiger partial charge in [-0.1, -0.05) is 66.7 Å².